The molecule has 0 bridgehead atoms. The Morgan fingerprint density at radius 2 is 2.00 bits per heavy atom. The molecule has 0 aliphatic carbocycles. The molecule has 0 radical (unpaired) electrons. The quantitative estimate of drug-likeness (QED) is 0.757. The number of halogens is 2. The molecule has 0 N–H and O–H groups in total. The van der Waals surface area contributed by atoms with E-state index in [2.05, 4.69) is 9.97 Å². The molecule has 2 rings (SSSR count). The van der Waals surface area contributed by atoms with Crippen molar-refractivity contribution >= 4 is 11.6 Å². The first-order valence-corrected chi connectivity index (χ1v) is 5.21. The molecule has 0 spiro atoms. The first kappa shape index (κ1) is 11.0. The molecule has 4 heteroatoms. The zero-order chi connectivity index (χ0) is 11.7. The summed E-state index contributed by atoms with van der Waals surface area (Å²) in [4.78, 5) is 8.17. The van der Waals surface area contributed by atoms with Crippen molar-refractivity contribution in [1.29, 1.82) is 0 Å². The van der Waals surface area contributed by atoms with E-state index in [0.29, 0.717) is 27.7 Å². The van der Waals surface area contributed by atoms with Crippen LogP contribution in [0.2, 0.25) is 5.02 Å². The van der Waals surface area contributed by atoms with Crippen LogP contribution in [-0.2, 0) is 0 Å². The van der Waals surface area contributed by atoms with Crippen molar-refractivity contribution in [3.8, 4) is 11.3 Å². The highest BCUT2D eigenvalue weighted by atomic mass is 35.5. The molecular weight excluding hydrogens is 227 g/mol. The van der Waals surface area contributed by atoms with Crippen LogP contribution in [0.25, 0.3) is 11.3 Å². The average Bonchev–Trinajstić information content (AvgIpc) is 2.26. The lowest BCUT2D eigenvalue weighted by atomic mass is 10.1. The summed E-state index contributed by atoms with van der Waals surface area (Å²) in [6, 6.07) is 4.94. The Hall–Kier alpha value is -1.48. The van der Waals surface area contributed by atoms with Crippen molar-refractivity contribution in [2.45, 2.75) is 13.8 Å². The molecule has 0 saturated carbocycles. The Morgan fingerprint density at radius 3 is 2.69 bits per heavy atom. The summed E-state index contributed by atoms with van der Waals surface area (Å²) in [6.45, 7) is 3.48. The third-order valence-electron chi connectivity index (χ3n) is 2.31. The Morgan fingerprint density at radius 1 is 1.25 bits per heavy atom. The molecule has 1 aromatic heterocycles. The second kappa shape index (κ2) is 4.18. The Kier molecular flexibility index (Phi) is 2.88. The van der Waals surface area contributed by atoms with Crippen molar-refractivity contribution in [2.75, 3.05) is 0 Å². The van der Waals surface area contributed by atoms with Gasteiger partial charge < -0.3 is 0 Å². The first-order chi connectivity index (χ1) is 7.58. The van der Waals surface area contributed by atoms with Crippen LogP contribution in [0.1, 0.15) is 11.4 Å². The van der Waals surface area contributed by atoms with E-state index in [1.54, 1.807) is 26.0 Å². The summed E-state index contributed by atoms with van der Waals surface area (Å²) in [7, 11) is 0. The number of benzene rings is 1. The number of aryl methyl sites for hydroxylation is 2. The van der Waals surface area contributed by atoms with Gasteiger partial charge in [0.1, 0.15) is 11.6 Å². The Labute approximate surface area is 98.1 Å². The largest absolute Gasteiger partial charge is 0.240 e. The minimum Gasteiger partial charge on any atom is -0.240 e. The van der Waals surface area contributed by atoms with E-state index in [1.165, 1.54) is 12.3 Å². The van der Waals surface area contributed by atoms with Gasteiger partial charge in [0, 0.05) is 11.8 Å². The molecule has 0 aliphatic heterocycles. The Balaban J connectivity index is 2.58. The van der Waals surface area contributed by atoms with Crippen LogP contribution < -0.4 is 0 Å². The molecule has 0 aliphatic rings. The topological polar surface area (TPSA) is 25.8 Å². The standard InChI is InChI=1S/C12H10ClFN2/c1-7-3-4-9(5-11(7)14)12-10(13)6-15-8(2)16-12/h3-6H,1-2H3. The van der Waals surface area contributed by atoms with E-state index in [4.69, 9.17) is 11.6 Å². The number of hydrogen-bond acceptors (Lipinski definition) is 2. The number of rotatable bonds is 1. The molecule has 0 amide bonds. The van der Waals surface area contributed by atoms with E-state index in [9.17, 15) is 4.39 Å². The molecule has 1 heterocycles. The monoisotopic (exact) mass is 236 g/mol. The molecule has 0 fully saturated rings. The van der Waals surface area contributed by atoms with Crippen LogP contribution in [0.15, 0.2) is 24.4 Å². The maximum Gasteiger partial charge on any atom is 0.126 e. The molecule has 16 heavy (non-hydrogen) atoms. The van der Waals surface area contributed by atoms with Gasteiger partial charge in [0.2, 0.25) is 0 Å². The van der Waals surface area contributed by atoms with Gasteiger partial charge in [-0.1, -0.05) is 23.7 Å². The van der Waals surface area contributed by atoms with Gasteiger partial charge in [0.05, 0.1) is 10.7 Å². The van der Waals surface area contributed by atoms with E-state index in [1.807, 2.05) is 0 Å². The highest BCUT2D eigenvalue weighted by molar-refractivity contribution is 6.32. The lowest BCUT2D eigenvalue weighted by Gasteiger charge is -2.05. The second-order valence-corrected chi connectivity index (χ2v) is 3.98. The summed E-state index contributed by atoms with van der Waals surface area (Å²) in [5.74, 6) is 0.352. The van der Waals surface area contributed by atoms with E-state index >= 15 is 0 Å². The molecule has 0 saturated heterocycles. The first-order valence-electron chi connectivity index (χ1n) is 4.83. The normalized spacial score (nSPS) is 10.5. The van der Waals surface area contributed by atoms with Gasteiger partial charge in [-0.05, 0) is 25.5 Å². The summed E-state index contributed by atoms with van der Waals surface area (Å²) < 4.78 is 13.4. The maximum absolute atomic E-state index is 13.4. The van der Waals surface area contributed by atoms with Crippen LogP contribution >= 0.6 is 11.6 Å². The molecule has 82 valence electrons. The minimum absolute atomic E-state index is 0.259. The summed E-state index contributed by atoms with van der Waals surface area (Å²) in [5.41, 5.74) is 1.83. The fourth-order valence-electron chi connectivity index (χ4n) is 1.40. The van der Waals surface area contributed by atoms with E-state index < -0.39 is 0 Å². The van der Waals surface area contributed by atoms with Crippen LogP contribution in [0, 0.1) is 19.7 Å². The van der Waals surface area contributed by atoms with Crippen LogP contribution in [0.5, 0.6) is 0 Å². The third-order valence-corrected chi connectivity index (χ3v) is 2.59. The van der Waals surface area contributed by atoms with Gasteiger partial charge >= 0.3 is 0 Å². The lowest BCUT2D eigenvalue weighted by molar-refractivity contribution is 0.619. The Bertz CT molecular complexity index is 541. The van der Waals surface area contributed by atoms with Crippen molar-refractivity contribution in [1.82, 2.24) is 9.97 Å². The van der Waals surface area contributed by atoms with Crippen LogP contribution in [-0.4, -0.2) is 9.97 Å². The van der Waals surface area contributed by atoms with Crippen molar-refractivity contribution in [3.05, 3.63) is 46.6 Å². The average molecular weight is 237 g/mol. The molecule has 2 aromatic rings. The molecule has 2 nitrogen and oxygen atoms in total. The maximum atomic E-state index is 13.4. The number of hydrogen-bond donors (Lipinski definition) is 0. The smallest absolute Gasteiger partial charge is 0.126 e. The van der Waals surface area contributed by atoms with Crippen molar-refractivity contribution in [2.24, 2.45) is 0 Å². The van der Waals surface area contributed by atoms with Crippen LogP contribution in [0.4, 0.5) is 4.39 Å². The fraction of sp³-hybridized carbons (Fsp3) is 0.167. The molecular formula is C12H10ClFN2. The summed E-state index contributed by atoms with van der Waals surface area (Å²) in [5, 5.41) is 0.425. The SMILES string of the molecule is Cc1ncc(Cl)c(-c2ccc(C)c(F)c2)n1. The molecule has 1 aromatic carbocycles. The van der Waals surface area contributed by atoms with Gasteiger partial charge in [-0.25, -0.2) is 14.4 Å². The predicted molar refractivity (Wildman–Crippen MR) is 61.9 cm³/mol. The molecule has 0 unspecified atom stereocenters. The summed E-state index contributed by atoms with van der Waals surface area (Å²) in [6.07, 6.45) is 1.52. The van der Waals surface area contributed by atoms with Gasteiger partial charge in [-0.2, -0.15) is 0 Å². The zero-order valence-corrected chi connectivity index (χ0v) is 9.72. The van der Waals surface area contributed by atoms with E-state index in [-0.39, 0.29) is 5.82 Å². The number of aromatic nitrogens is 2. The van der Waals surface area contributed by atoms with Gasteiger partial charge in [0.25, 0.3) is 0 Å². The van der Waals surface area contributed by atoms with Crippen molar-refractivity contribution < 1.29 is 4.39 Å². The molecule has 0 atom stereocenters. The highest BCUT2D eigenvalue weighted by Gasteiger charge is 2.08. The second-order valence-electron chi connectivity index (χ2n) is 3.58. The lowest BCUT2D eigenvalue weighted by Crippen LogP contribution is -1.93. The van der Waals surface area contributed by atoms with Gasteiger partial charge in [0.15, 0.2) is 0 Å². The third kappa shape index (κ3) is 2.04. The number of nitrogens with zero attached hydrogens (tertiary/aromatic N) is 2. The predicted octanol–water partition coefficient (Wildman–Crippen LogP) is 3.55. The van der Waals surface area contributed by atoms with Gasteiger partial charge in [-0.15, -0.1) is 0 Å². The zero-order valence-electron chi connectivity index (χ0n) is 8.96. The van der Waals surface area contributed by atoms with Gasteiger partial charge in [-0.3, -0.25) is 0 Å². The summed E-state index contributed by atoms with van der Waals surface area (Å²) >= 11 is 5.98. The van der Waals surface area contributed by atoms with E-state index in [0.717, 1.165) is 0 Å². The minimum atomic E-state index is -0.259. The highest BCUT2D eigenvalue weighted by Crippen LogP contribution is 2.26. The van der Waals surface area contributed by atoms with Crippen LogP contribution in [0.3, 0.4) is 0 Å². The van der Waals surface area contributed by atoms with Crippen molar-refractivity contribution in [3.63, 3.8) is 0 Å². The fourth-order valence-corrected chi connectivity index (χ4v) is 1.60.